The summed E-state index contributed by atoms with van der Waals surface area (Å²) in [4.78, 5) is 32.5. The lowest BCUT2D eigenvalue weighted by Crippen LogP contribution is -2.33. The van der Waals surface area contributed by atoms with Crippen LogP contribution < -0.4 is 10.2 Å². The lowest BCUT2D eigenvalue weighted by molar-refractivity contribution is -0.119. The third-order valence-electron chi connectivity index (χ3n) is 2.62. The number of nitrogens with one attached hydrogen (secondary N) is 1. The van der Waals surface area contributed by atoms with Gasteiger partial charge in [0.05, 0.1) is 26.0 Å². The Kier molecular flexibility index (Phi) is 3.71. The number of methoxy groups -OCH3 is 1. The molecule has 0 spiro atoms. The van der Waals surface area contributed by atoms with Gasteiger partial charge in [0, 0.05) is 13.1 Å². The van der Waals surface area contributed by atoms with E-state index < -0.39 is 5.97 Å². The molecule has 1 aromatic rings. The van der Waals surface area contributed by atoms with E-state index in [2.05, 4.69) is 20.0 Å². The van der Waals surface area contributed by atoms with Crippen molar-refractivity contribution in [2.45, 2.75) is 6.42 Å². The number of carbonyl (C=O) groups is 2. The van der Waals surface area contributed by atoms with Crippen LogP contribution in [0.2, 0.25) is 0 Å². The maximum absolute atomic E-state index is 11.4. The Morgan fingerprint density at radius 3 is 2.94 bits per heavy atom. The number of esters is 1. The average molecular weight is 250 g/mol. The molecule has 7 nitrogen and oxygen atoms in total. The van der Waals surface area contributed by atoms with Crippen LogP contribution in [0.1, 0.15) is 16.9 Å². The molecule has 18 heavy (non-hydrogen) atoms. The highest BCUT2D eigenvalue weighted by Gasteiger charge is 2.17. The van der Waals surface area contributed by atoms with Gasteiger partial charge in [-0.2, -0.15) is 0 Å². The Balaban J connectivity index is 2.13. The zero-order valence-corrected chi connectivity index (χ0v) is 10.0. The second kappa shape index (κ2) is 5.44. The predicted octanol–water partition coefficient (Wildman–Crippen LogP) is -0.410. The number of aromatic nitrogens is 2. The third kappa shape index (κ3) is 2.73. The average Bonchev–Trinajstić information content (AvgIpc) is 2.63. The van der Waals surface area contributed by atoms with Crippen LogP contribution in [0, 0.1) is 0 Å². The zero-order chi connectivity index (χ0) is 13.0. The van der Waals surface area contributed by atoms with Crippen molar-refractivity contribution in [1.29, 1.82) is 0 Å². The highest BCUT2D eigenvalue weighted by molar-refractivity contribution is 5.87. The Bertz CT molecular complexity index is 446. The first-order valence-corrected chi connectivity index (χ1v) is 5.62. The number of amides is 1. The quantitative estimate of drug-likeness (QED) is 0.718. The van der Waals surface area contributed by atoms with E-state index in [1.165, 1.54) is 19.5 Å². The molecule has 0 unspecified atom stereocenters. The summed E-state index contributed by atoms with van der Waals surface area (Å²) in [6.45, 7) is 1.65. The van der Waals surface area contributed by atoms with Gasteiger partial charge >= 0.3 is 5.97 Å². The predicted molar refractivity (Wildman–Crippen MR) is 63.2 cm³/mol. The topological polar surface area (TPSA) is 84.4 Å². The standard InChI is InChI=1S/C11H14N4O3/c1-18-11(17)8-5-14-9(6-13-8)15-4-2-3-12-10(16)7-15/h5-6H,2-4,7H2,1H3,(H,12,16). The van der Waals surface area contributed by atoms with Crippen LogP contribution >= 0.6 is 0 Å². The molecular formula is C11H14N4O3. The van der Waals surface area contributed by atoms with E-state index in [9.17, 15) is 9.59 Å². The molecule has 1 amide bonds. The summed E-state index contributed by atoms with van der Waals surface area (Å²) in [5.41, 5.74) is 0.153. The molecule has 0 aliphatic carbocycles. The number of rotatable bonds is 2. The van der Waals surface area contributed by atoms with E-state index in [0.29, 0.717) is 12.4 Å². The molecule has 1 saturated heterocycles. The van der Waals surface area contributed by atoms with Gasteiger partial charge in [-0.3, -0.25) is 4.79 Å². The normalized spacial score (nSPS) is 15.8. The Labute approximate surface area is 104 Å². The number of hydrogen-bond donors (Lipinski definition) is 1. The molecule has 7 heteroatoms. The van der Waals surface area contributed by atoms with Gasteiger partial charge in [-0.15, -0.1) is 0 Å². The summed E-state index contributed by atoms with van der Waals surface area (Å²) in [6, 6.07) is 0. The third-order valence-corrected chi connectivity index (χ3v) is 2.62. The molecule has 0 saturated carbocycles. The van der Waals surface area contributed by atoms with Gasteiger partial charge in [-0.25, -0.2) is 14.8 Å². The van der Waals surface area contributed by atoms with Crippen molar-refractivity contribution in [1.82, 2.24) is 15.3 Å². The number of anilines is 1. The van der Waals surface area contributed by atoms with Crippen LogP contribution in [-0.4, -0.2) is 48.6 Å². The van der Waals surface area contributed by atoms with E-state index in [1.54, 1.807) is 0 Å². The molecule has 1 aromatic heterocycles. The smallest absolute Gasteiger partial charge is 0.358 e. The van der Waals surface area contributed by atoms with Gasteiger partial charge in [0.2, 0.25) is 5.91 Å². The summed E-state index contributed by atoms with van der Waals surface area (Å²) < 4.78 is 4.54. The lowest BCUT2D eigenvalue weighted by atomic mass is 10.4. The largest absolute Gasteiger partial charge is 0.464 e. The second-order valence-electron chi connectivity index (χ2n) is 3.88. The minimum atomic E-state index is -0.525. The van der Waals surface area contributed by atoms with Gasteiger partial charge in [0.15, 0.2) is 5.69 Å². The Morgan fingerprint density at radius 1 is 1.44 bits per heavy atom. The molecule has 1 fully saturated rings. The van der Waals surface area contributed by atoms with Gasteiger partial charge in [0.25, 0.3) is 0 Å². The van der Waals surface area contributed by atoms with Gasteiger partial charge in [-0.05, 0) is 6.42 Å². The number of nitrogens with zero attached hydrogens (tertiary/aromatic N) is 3. The molecule has 2 rings (SSSR count). The molecule has 1 N–H and O–H groups in total. The van der Waals surface area contributed by atoms with Crippen molar-refractivity contribution in [2.75, 3.05) is 31.6 Å². The van der Waals surface area contributed by atoms with Crippen molar-refractivity contribution in [3.05, 3.63) is 18.1 Å². The first-order chi connectivity index (χ1) is 8.70. The first-order valence-electron chi connectivity index (χ1n) is 5.62. The van der Waals surface area contributed by atoms with E-state index in [0.717, 1.165) is 13.0 Å². The molecule has 0 atom stereocenters. The van der Waals surface area contributed by atoms with Crippen LogP contribution in [0.15, 0.2) is 12.4 Å². The summed E-state index contributed by atoms with van der Waals surface area (Å²) >= 11 is 0. The van der Waals surface area contributed by atoms with Crippen LogP contribution in [0.5, 0.6) is 0 Å². The number of carbonyl (C=O) groups excluding carboxylic acids is 2. The van der Waals surface area contributed by atoms with E-state index in [4.69, 9.17) is 0 Å². The molecule has 0 bridgehead atoms. The first kappa shape index (κ1) is 12.3. The SMILES string of the molecule is COC(=O)c1cnc(N2CCCNC(=O)C2)cn1. The van der Waals surface area contributed by atoms with Crippen molar-refractivity contribution in [3.63, 3.8) is 0 Å². The molecule has 0 aromatic carbocycles. The second-order valence-corrected chi connectivity index (χ2v) is 3.88. The fraction of sp³-hybridized carbons (Fsp3) is 0.455. The van der Waals surface area contributed by atoms with Gasteiger partial charge in [-0.1, -0.05) is 0 Å². The molecular weight excluding hydrogens is 236 g/mol. The van der Waals surface area contributed by atoms with E-state index in [-0.39, 0.29) is 18.1 Å². The van der Waals surface area contributed by atoms with Gasteiger partial charge in [0.1, 0.15) is 5.82 Å². The monoisotopic (exact) mass is 250 g/mol. The van der Waals surface area contributed by atoms with Crippen molar-refractivity contribution in [2.24, 2.45) is 0 Å². The van der Waals surface area contributed by atoms with Crippen molar-refractivity contribution >= 4 is 17.7 Å². The zero-order valence-electron chi connectivity index (χ0n) is 10.0. The summed E-state index contributed by atoms with van der Waals surface area (Å²) in [5.74, 6) is 0.0220. The summed E-state index contributed by atoms with van der Waals surface area (Å²) in [6.07, 6.45) is 3.68. The molecule has 0 radical (unpaired) electrons. The van der Waals surface area contributed by atoms with Crippen LogP contribution in [0.25, 0.3) is 0 Å². The highest BCUT2D eigenvalue weighted by atomic mass is 16.5. The Hall–Kier alpha value is -2.18. The fourth-order valence-electron chi connectivity index (χ4n) is 1.70. The van der Waals surface area contributed by atoms with Crippen LogP contribution in [-0.2, 0) is 9.53 Å². The molecule has 2 heterocycles. The minimum absolute atomic E-state index is 0.0358. The van der Waals surface area contributed by atoms with Gasteiger partial charge < -0.3 is 15.0 Å². The number of hydrogen-bond acceptors (Lipinski definition) is 6. The fourth-order valence-corrected chi connectivity index (χ4v) is 1.70. The highest BCUT2D eigenvalue weighted by Crippen LogP contribution is 2.11. The molecule has 1 aliphatic heterocycles. The summed E-state index contributed by atoms with van der Waals surface area (Å²) in [5, 5.41) is 2.78. The van der Waals surface area contributed by atoms with Crippen LogP contribution in [0.3, 0.4) is 0 Å². The molecule has 1 aliphatic rings. The lowest BCUT2D eigenvalue weighted by Gasteiger charge is -2.19. The minimum Gasteiger partial charge on any atom is -0.464 e. The maximum Gasteiger partial charge on any atom is 0.358 e. The summed E-state index contributed by atoms with van der Waals surface area (Å²) in [7, 11) is 1.29. The maximum atomic E-state index is 11.4. The van der Waals surface area contributed by atoms with Crippen molar-refractivity contribution in [3.8, 4) is 0 Å². The van der Waals surface area contributed by atoms with E-state index >= 15 is 0 Å². The van der Waals surface area contributed by atoms with E-state index in [1.807, 2.05) is 4.90 Å². The van der Waals surface area contributed by atoms with Crippen molar-refractivity contribution < 1.29 is 14.3 Å². The van der Waals surface area contributed by atoms with Crippen LogP contribution in [0.4, 0.5) is 5.82 Å². The Morgan fingerprint density at radius 2 is 2.28 bits per heavy atom. The molecule has 96 valence electrons. The number of ether oxygens (including phenoxy) is 1.